The minimum atomic E-state index is -0.564. The number of oxime groups is 1. The van der Waals surface area contributed by atoms with E-state index in [1.165, 1.54) is 25.1 Å². The molecule has 8 nitrogen and oxygen atoms in total. The largest absolute Gasteiger partial charge is 0.409 e. The Kier molecular flexibility index (Phi) is 3.50. The Labute approximate surface area is 109 Å². The Morgan fingerprint density at radius 3 is 2.95 bits per heavy atom. The van der Waals surface area contributed by atoms with Gasteiger partial charge in [-0.05, 0) is 18.8 Å². The number of aromatic nitrogens is 1. The Bertz CT molecular complexity index is 527. The van der Waals surface area contributed by atoms with E-state index < -0.39 is 4.92 Å². The normalized spacial score (nSPS) is 15.3. The van der Waals surface area contributed by atoms with E-state index in [0.29, 0.717) is 11.7 Å². The number of pyridine rings is 1. The van der Waals surface area contributed by atoms with E-state index in [0.717, 1.165) is 6.54 Å². The first-order chi connectivity index (χ1) is 9.02. The van der Waals surface area contributed by atoms with Crippen molar-refractivity contribution in [3.05, 3.63) is 27.9 Å². The average Bonchev–Trinajstić information content (AvgIpc) is 3.20. The van der Waals surface area contributed by atoms with E-state index in [9.17, 15) is 10.1 Å². The van der Waals surface area contributed by atoms with Gasteiger partial charge < -0.3 is 15.8 Å². The van der Waals surface area contributed by atoms with Crippen LogP contribution < -0.4 is 10.6 Å². The third kappa shape index (κ3) is 2.90. The van der Waals surface area contributed by atoms with Crippen LogP contribution in [0.1, 0.15) is 18.4 Å². The standard InChI is InChI=1S/C11H15N5O3/c1-15(6-7-2-3-7)11-9(10(12)14-17)4-8(5-13-11)16(18)19/h4-5,7,17H,2-3,6H2,1H3,(H2,12,14). The summed E-state index contributed by atoms with van der Waals surface area (Å²) in [6, 6.07) is 1.26. The van der Waals surface area contributed by atoms with E-state index in [-0.39, 0.29) is 17.1 Å². The van der Waals surface area contributed by atoms with Crippen LogP contribution in [0.25, 0.3) is 0 Å². The number of hydrogen-bond acceptors (Lipinski definition) is 6. The number of rotatable bonds is 5. The number of nitrogens with zero attached hydrogens (tertiary/aromatic N) is 4. The summed E-state index contributed by atoms with van der Waals surface area (Å²) in [5.41, 5.74) is 5.63. The Morgan fingerprint density at radius 1 is 1.74 bits per heavy atom. The van der Waals surface area contributed by atoms with E-state index in [2.05, 4.69) is 10.1 Å². The molecule has 1 aromatic rings. The zero-order chi connectivity index (χ0) is 14.0. The monoisotopic (exact) mass is 265 g/mol. The number of hydrogen-bond donors (Lipinski definition) is 2. The summed E-state index contributed by atoms with van der Waals surface area (Å²) in [7, 11) is 1.83. The molecule has 8 heteroatoms. The lowest BCUT2D eigenvalue weighted by atomic mass is 10.2. The molecule has 0 aromatic carbocycles. The van der Waals surface area contributed by atoms with Crippen molar-refractivity contribution < 1.29 is 10.1 Å². The lowest BCUT2D eigenvalue weighted by Gasteiger charge is -2.20. The molecule has 19 heavy (non-hydrogen) atoms. The van der Waals surface area contributed by atoms with Gasteiger partial charge in [0.05, 0.1) is 10.5 Å². The van der Waals surface area contributed by atoms with Crippen molar-refractivity contribution in [2.45, 2.75) is 12.8 Å². The van der Waals surface area contributed by atoms with Gasteiger partial charge >= 0.3 is 0 Å². The predicted octanol–water partition coefficient (Wildman–Crippen LogP) is 0.930. The van der Waals surface area contributed by atoms with E-state index in [1.807, 2.05) is 11.9 Å². The highest BCUT2D eigenvalue weighted by molar-refractivity contribution is 6.01. The van der Waals surface area contributed by atoms with Crippen LogP contribution in [0.3, 0.4) is 0 Å². The van der Waals surface area contributed by atoms with Gasteiger partial charge in [0.25, 0.3) is 5.69 Å². The lowest BCUT2D eigenvalue weighted by molar-refractivity contribution is -0.385. The zero-order valence-corrected chi connectivity index (χ0v) is 10.5. The summed E-state index contributed by atoms with van der Waals surface area (Å²) in [6.07, 6.45) is 3.53. The van der Waals surface area contributed by atoms with Crippen LogP contribution in [0, 0.1) is 16.0 Å². The highest BCUT2D eigenvalue weighted by Gasteiger charge is 2.25. The molecule has 0 radical (unpaired) electrons. The van der Waals surface area contributed by atoms with Gasteiger partial charge in [0.2, 0.25) is 0 Å². The third-order valence-electron chi connectivity index (χ3n) is 3.04. The molecule has 2 rings (SSSR count). The highest BCUT2D eigenvalue weighted by Crippen LogP contribution is 2.31. The smallest absolute Gasteiger partial charge is 0.288 e. The molecule has 0 saturated heterocycles. The van der Waals surface area contributed by atoms with Gasteiger partial charge in [0, 0.05) is 19.7 Å². The van der Waals surface area contributed by atoms with Gasteiger partial charge in [-0.25, -0.2) is 4.98 Å². The summed E-state index contributed by atoms with van der Waals surface area (Å²) >= 11 is 0. The lowest BCUT2D eigenvalue weighted by Crippen LogP contribution is -2.26. The van der Waals surface area contributed by atoms with Gasteiger partial charge in [0.15, 0.2) is 5.84 Å². The van der Waals surface area contributed by atoms with Crippen molar-refractivity contribution in [2.75, 3.05) is 18.5 Å². The van der Waals surface area contributed by atoms with Crippen molar-refractivity contribution in [2.24, 2.45) is 16.8 Å². The summed E-state index contributed by atoms with van der Waals surface area (Å²) in [5.74, 6) is 0.920. The molecule has 0 unspecified atom stereocenters. The van der Waals surface area contributed by atoms with Gasteiger partial charge in [-0.2, -0.15) is 0 Å². The van der Waals surface area contributed by atoms with E-state index in [4.69, 9.17) is 10.9 Å². The number of nitro groups is 1. The maximum absolute atomic E-state index is 10.7. The van der Waals surface area contributed by atoms with E-state index in [1.54, 1.807) is 0 Å². The number of nitrogens with two attached hydrogens (primary N) is 1. The fourth-order valence-electron chi connectivity index (χ4n) is 1.87. The maximum atomic E-state index is 10.7. The van der Waals surface area contributed by atoms with Crippen LogP contribution in [0.4, 0.5) is 11.5 Å². The van der Waals surface area contributed by atoms with Gasteiger partial charge in [-0.15, -0.1) is 0 Å². The third-order valence-corrected chi connectivity index (χ3v) is 3.04. The van der Waals surface area contributed by atoms with Crippen molar-refractivity contribution in [1.82, 2.24) is 4.98 Å². The van der Waals surface area contributed by atoms with Crippen molar-refractivity contribution in [1.29, 1.82) is 0 Å². The van der Waals surface area contributed by atoms with E-state index >= 15 is 0 Å². The highest BCUT2D eigenvalue weighted by atomic mass is 16.6. The Hall–Kier alpha value is -2.38. The fraction of sp³-hybridized carbons (Fsp3) is 0.455. The van der Waals surface area contributed by atoms with Crippen LogP contribution in [-0.4, -0.2) is 34.5 Å². The fourth-order valence-corrected chi connectivity index (χ4v) is 1.87. The van der Waals surface area contributed by atoms with Gasteiger partial charge in [-0.1, -0.05) is 5.16 Å². The molecule has 1 heterocycles. The molecule has 1 aromatic heterocycles. The minimum Gasteiger partial charge on any atom is -0.409 e. The summed E-state index contributed by atoms with van der Waals surface area (Å²) in [6.45, 7) is 0.802. The number of anilines is 1. The average molecular weight is 265 g/mol. The Morgan fingerprint density at radius 2 is 2.42 bits per heavy atom. The van der Waals surface area contributed by atoms with Crippen molar-refractivity contribution in [3.8, 4) is 0 Å². The second kappa shape index (κ2) is 5.09. The van der Waals surface area contributed by atoms with Crippen LogP contribution >= 0.6 is 0 Å². The van der Waals surface area contributed by atoms with Crippen molar-refractivity contribution >= 4 is 17.3 Å². The molecular formula is C11H15N5O3. The molecule has 1 saturated carbocycles. The predicted molar refractivity (Wildman–Crippen MR) is 69.4 cm³/mol. The summed E-state index contributed by atoms with van der Waals surface area (Å²) < 4.78 is 0. The van der Waals surface area contributed by atoms with Crippen LogP contribution in [0.5, 0.6) is 0 Å². The summed E-state index contributed by atoms with van der Waals surface area (Å²) in [4.78, 5) is 16.1. The molecule has 0 aliphatic heterocycles. The molecule has 0 atom stereocenters. The zero-order valence-electron chi connectivity index (χ0n) is 10.5. The topological polar surface area (TPSA) is 118 Å². The second-order valence-electron chi connectivity index (χ2n) is 4.63. The molecule has 1 aliphatic carbocycles. The van der Waals surface area contributed by atoms with Gasteiger partial charge in [0.1, 0.15) is 12.0 Å². The SMILES string of the molecule is CN(CC1CC1)c1ncc([N+](=O)[O-])cc1C(N)=NO. The number of amidine groups is 1. The summed E-state index contributed by atoms with van der Waals surface area (Å²) in [5, 5.41) is 22.4. The molecule has 102 valence electrons. The first-order valence-electron chi connectivity index (χ1n) is 5.86. The maximum Gasteiger partial charge on any atom is 0.288 e. The molecule has 1 fully saturated rings. The Balaban J connectivity index is 2.37. The van der Waals surface area contributed by atoms with Crippen LogP contribution in [0.15, 0.2) is 17.4 Å². The minimum absolute atomic E-state index is 0.186. The molecule has 1 aliphatic rings. The first-order valence-corrected chi connectivity index (χ1v) is 5.86. The van der Waals surface area contributed by atoms with Crippen LogP contribution in [0.2, 0.25) is 0 Å². The van der Waals surface area contributed by atoms with Gasteiger partial charge in [-0.3, -0.25) is 10.1 Å². The molecule has 0 bridgehead atoms. The van der Waals surface area contributed by atoms with Crippen molar-refractivity contribution in [3.63, 3.8) is 0 Å². The first kappa shape index (κ1) is 13.1. The quantitative estimate of drug-likeness (QED) is 0.269. The molecule has 3 N–H and O–H groups in total. The molecule has 0 spiro atoms. The second-order valence-corrected chi connectivity index (χ2v) is 4.63. The molecule has 0 amide bonds. The van der Waals surface area contributed by atoms with Crippen LogP contribution in [-0.2, 0) is 0 Å². The molecular weight excluding hydrogens is 250 g/mol.